The number of guanidine groups is 1. The van der Waals surface area contributed by atoms with Gasteiger partial charge in [0, 0.05) is 31.1 Å². The fourth-order valence-corrected chi connectivity index (χ4v) is 5.69. The Hall–Kier alpha value is -1.59. The minimum atomic E-state index is 0.275. The van der Waals surface area contributed by atoms with E-state index >= 15 is 0 Å². The molecule has 2 heterocycles. The van der Waals surface area contributed by atoms with Crippen molar-refractivity contribution in [1.82, 2.24) is 20.4 Å². The number of hydrogen-bond acceptors (Lipinski definition) is 3. The largest absolute Gasteiger partial charge is 0.356 e. The molecule has 3 fully saturated rings. The number of nitrogens with zero attached hydrogens (tertiary/aromatic N) is 3. The molecule has 0 atom stereocenters. The Morgan fingerprint density at radius 2 is 1.53 bits per heavy atom. The van der Waals surface area contributed by atoms with Gasteiger partial charge in [-0.05, 0) is 77.3 Å². The van der Waals surface area contributed by atoms with Crippen LogP contribution in [0.1, 0.15) is 56.9 Å². The van der Waals surface area contributed by atoms with Gasteiger partial charge in [0.1, 0.15) is 0 Å². The summed E-state index contributed by atoms with van der Waals surface area (Å²) in [7, 11) is 4.17. The van der Waals surface area contributed by atoms with E-state index in [1.54, 1.807) is 0 Å². The van der Waals surface area contributed by atoms with E-state index in [2.05, 4.69) is 62.8 Å². The lowest BCUT2D eigenvalue weighted by Gasteiger charge is -2.50. The van der Waals surface area contributed by atoms with Crippen molar-refractivity contribution < 1.29 is 0 Å². The van der Waals surface area contributed by atoms with Crippen molar-refractivity contribution in [3.8, 4) is 0 Å². The molecule has 4 rings (SSSR count). The van der Waals surface area contributed by atoms with E-state index in [4.69, 9.17) is 0 Å². The zero-order chi connectivity index (χ0) is 20.9. The maximum Gasteiger partial charge on any atom is 0.191 e. The van der Waals surface area contributed by atoms with E-state index < -0.39 is 0 Å². The smallest absolute Gasteiger partial charge is 0.191 e. The molecule has 1 aliphatic carbocycles. The Morgan fingerprint density at radius 1 is 0.867 bits per heavy atom. The molecule has 1 aromatic carbocycles. The first kappa shape index (κ1) is 21.6. The molecule has 0 aromatic heterocycles. The van der Waals surface area contributed by atoms with Gasteiger partial charge in [0.2, 0.25) is 0 Å². The molecule has 5 heteroatoms. The number of nitrogens with one attached hydrogen (secondary N) is 2. The molecular formula is C25H41N5. The summed E-state index contributed by atoms with van der Waals surface area (Å²) in [5.41, 5.74) is 2.02. The maximum absolute atomic E-state index is 4.58. The van der Waals surface area contributed by atoms with E-state index in [-0.39, 0.29) is 11.0 Å². The van der Waals surface area contributed by atoms with Crippen molar-refractivity contribution in [3.63, 3.8) is 0 Å². The first-order valence-electron chi connectivity index (χ1n) is 12.1. The predicted molar refractivity (Wildman–Crippen MR) is 126 cm³/mol. The van der Waals surface area contributed by atoms with Crippen LogP contribution >= 0.6 is 0 Å². The molecule has 2 saturated heterocycles. The topological polar surface area (TPSA) is 42.9 Å². The van der Waals surface area contributed by atoms with Crippen molar-refractivity contribution in [1.29, 1.82) is 0 Å². The fourth-order valence-electron chi connectivity index (χ4n) is 5.69. The first-order valence-corrected chi connectivity index (χ1v) is 12.1. The number of likely N-dealkylation sites (tertiary alicyclic amines) is 2. The molecule has 2 N–H and O–H groups in total. The first-order chi connectivity index (χ1) is 14.7. The molecule has 0 spiro atoms. The number of aliphatic imine (C=N–C) groups is 1. The van der Waals surface area contributed by atoms with Crippen molar-refractivity contribution in [2.24, 2.45) is 4.99 Å². The molecule has 1 aromatic rings. The van der Waals surface area contributed by atoms with Crippen LogP contribution < -0.4 is 10.6 Å². The van der Waals surface area contributed by atoms with Crippen LogP contribution in [0.25, 0.3) is 0 Å². The van der Waals surface area contributed by atoms with Gasteiger partial charge in [0.05, 0.1) is 0 Å². The SMILES string of the molecule is CN=C(NCC1(c2ccccc2)CCC1)NCC1(N2CCCCC2)CCN(C)CC1. The lowest BCUT2D eigenvalue weighted by Crippen LogP contribution is -2.62. The average molecular weight is 412 g/mol. The van der Waals surface area contributed by atoms with Gasteiger partial charge in [0.15, 0.2) is 5.96 Å². The lowest BCUT2D eigenvalue weighted by molar-refractivity contribution is 0.0173. The van der Waals surface area contributed by atoms with Gasteiger partial charge in [0.25, 0.3) is 0 Å². The Balaban J connectivity index is 1.37. The highest BCUT2D eigenvalue weighted by Crippen LogP contribution is 2.43. The van der Waals surface area contributed by atoms with Crippen LogP contribution in [0, 0.1) is 0 Å². The molecule has 30 heavy (non-hydrogen) atoms. The molecule has 0 radical (unpaired) electrons. The van der Waals surface area contributed by atoms with Crippen LogP contribution in [0.3, 0.4) is 0 Å². The number of rotatable bonds is 6. The van der Waals surface area contributed by atoms with Crippen LogP contribution in [0.15, 0.2) is 35.3 Å². The minimum Gasteiger partial charge on any atom is -0.356 e. The highest BCUT2D eigenvalue weighted by atomic mass is 15.3. The second-order valence-corrected chi connectivity index (χ2v) is 9.85. The van der Waals surface area contributed by atoms with Crippen LogP contribution in [0.5, 0.6) is 0 Å². The Bertz CT molecular complexity index is 683. The van der Waals surface area contributed by atoms with Crippen molar-refractivity contribution in [3.05, 3.63) is 35.9 Å². The van der Waals surface area contributed by atoms with Gasteiger partial charge in [-0.3, -0.25) is 9.89 Å². The summed E-state index contributed by atoms with van der Waals surface area (Å²) < 4.78 is 0. The third-order valence-corrected chi connectivity index (χ3v) is 8.04. The van der Waals surface area contributed by atoms with Crippen molar-refractivity contribution >= 4 is 5.96 Å². The van der Waals surface area contributed by atoms with Crippen molar-refractivity contribution in [2.75, 3.05) is 53.4 Å². The van der Waals surface area contributed by atoms with Crippen LogP contribution in [0.4, 0.5) is 0 Å². The summed E-state index contributed by atoms with van der Waals surface area (Å²) >= 11 is 0. The molecule has 3 aliphatic rings. The Kier molecular flexibility index (Phi) is 6.99. The summed E-state index contributed by atoms with van der Waals surface area (Å²) in [6, 6.07) is 11.0. The summed E-state index contributed by atoms with van der Waals surface area (Å²) in [4.78, 5) is 9.86. The van der Waals surface area contributed by atoms with Crippen LogP contribution in [0.2, 0.25) is 0 Å². The normalized spacial score (nSPS) is 24.8. The standard InChI is InChI=1S/C25H41N5/c1-26-23(27-20-24(12-9-13-24)22-10-5-3-6-11-22)28-21-25(14-18-29(2)19-15-25)30-16-7-4-8-17-30/h3,5-6,10-11H,4,7-9,12-21H2,1-2H3,(H2,26,27,28). The second kappa shape index (κ2) is 9.69. The highest BCUT2D eigenvalue weighted by Gasteiger charge is 2.41. The van der Waals surface area contributed by atoms with Gasteiger partial charge < -0.3 is 15.5 Å². The lowest BCUT2D eigenvalue weighted by atomic mass is 9.64. The summed E-state index contributed by atoms with van der Waals surface area (Å²) in [5, 5.41) is 7.43. The average Bonchev–Trinajstić information content (AvgIpc) is 2.78. The zero-order valence-electron chi connectivity index (χ0n) is 19.1. The molecule has 1 saturated carbocycles. The predicted octanol–water partition coefficient (Wildman–Crippen LogP) is 3.22. The van der Waals surface area contributed by atoms with E-state index in [1.807, 2.05) is 7.05 Å². The summed E-state index contributed by atoms with van der Waals surface area (Å²) in [6.07, 6.45) is 10.5. The highest BCUT2D eigenvalue weighted by molar-refractivity contribution is 5.79. The molecule has 2 aliphatic heterocycles. The molecule has 5 nitrogen and oxygen atoms in total. The molecule has 0 bridgehead atoms. The van der Waals surface area contributed by atoms with Crippen molar-refractivity contribution in [2.45, 2.75) is 62.3 Å². The quantitative estimate of drug-likeness (QED) is 0.557. The third kappa shape index (κ3) is 4.67. The number of benzene rings is 1. The van der Waals surface area contributed by atoms with Crippen LogP contribution in [-0.2, 0) is 5.41 Å². The molecular weight excluding hydrogens is 370 g/mol. The summed E-state index contributed by atoms with van der Waals surface area (Å²) in [5.74, 6) is 0.965. The molecule has 166 valence electrons. The molecule has 0 amide bonds. The van der Waals surface area contributed by atoms with Gasteiger partial charge in [-0.1, -0.05) is 43.2 Å². The Morgan fingerprint density at radius 3 is 2.13 bits per heavy atom. The fraction of sp³-hybridized carbons (Fsp3) is 0.720. The minimum absolute atomic E-state index is 0.275. The van der Waals surface area contributed by atoms with E-state index in [0.29, 0.717) is 0 Å². The maximum atomic E-state index is 4.58. The number of piperidine rings is 2. The molecule has 0 unspecified atom stereocenters. The van der Waals surface area contributed by atoms with E-state index in [1.165, 1.54) is 83.1 Å². The van der Waals surface area contributed by atoms with E-state index in [0.717, 1.165) is 19.0 Å². The third-order valence-electron chi connectivity index (χ3n) is 8.04. The Labute approximate surface area is 183 Å². The van der Waals surface area contributed by atoms with Gasteiger partial charge in [-0.2, -0.15) is 0 Å². The van der Waals surface area contributed by atoms with Crippen LogP contribution in [-0.4, -0.2) is 74.7 Å². The second-order valence-electron chi connectivity index (χ2n) is 9.85. The monoisotopic (exact) mass is 411 g/mol. The number of hydrogen-bond donors (Lipinski definition) is 2. The van der Waals surface area contributed by atoms with Gasteiger partial charge in [-0.15, -0.1) is 0 Å². The van der Waals surface area contributed by atoms with E-state index in [9.17, 15) is 0 Å². The summed E-state index contributed by atoms with van der Waals surface area (Å²) in [6.45, 7) is 6.88. The van der Waals surface area contributed by atoms with Gasteiger partial charge >= 0.3 is 0 Å². The van der Waals surface area contributed by atoms with Gasteiger partial charge in [-0.25, -0.2) is 0 Å². The zero-order valence-corrected chi connectivity index (χ0v) is 19.1.